The molecule has 0 atom stereocenters. The van der Waals surface area contributed by atoms with Gasteiger partial charge in [-0.15, -0.1) is 11.3 Å². The van der Waals surface area contributed by atoms with Gasteiger partial charge in [0.25, 0.3) is 0 Å². The molecule has 138 valence electrons. The molecule has 0 spiro atoms. The summed E-state index contributed by atoms with van der Waals surface area (Å²) < 4.78 is 5.30. The van der Waals surface area contributed by atoms with Crippen molar-refractivity contribution in [2.45, 2.75) is 33.7 Å². The smallest absolute Gasteiger partial charge is 0.216 e. The number of hydrogen-bond acceptors (Lipinski definition) is 6. The molecule has 8 nitrogen and oxygen atoms in total. The van der Waals surface area contributed by atoms with Crippen LogP contribution in [-0.4, -0.2) is 39.2 Å². The Labute approximate surface area is 156 Å². The summed E-state index contributed by atoms with van der Waals surface area (Å²) in [4.78, 5) is 14.8. The summed E-state index contributed by atoms with van der Waals surface area (Å²) >= 11 is 1.69. The van der Waals surface area contributed by atoms with Gasteiger partial charge in [0, 0.05) is 24.4 Å². The van der Waals surface area contributed by atoms with E-state index in [0.717, 1.165) is 29.0 Å². The molecule has 3 N–H and O–H groups in total. The first-order chi connectivity index (χ1) is 12.7. The molecule has 0 unspecified atom stereocenters. The molecule has 3 aromatic rings. The summed E-state index contributed by atoms with van der Waals surface area (Å²) in [6.45, 7) is 8.21. The molecule has 9 heteroatoms. The highest BCUT2D eigenvalue weighted by Gasteiger charge is 2.08. The van der Waals surface area contributed by atoms with E-state index in [4.69, 9.17) is 4.42 Å². The number of nitrogens with one attached hydrogen (secondary N) is 3. The van der Waals surface area contributed by atoms with Gasteiger partial charge in [-0.05, 0) is 32.9 Å². The molecule has 0 aliphatic rings. The lowest BCUT2D eigenvalue weighted by molar-refractivity contribution is 0.577. The summed E-state index contributed by atoms with van der Waals surface area (Å²) in [5.74, 6) is 2.79. The van der Waals surface area contributed by atoms with Crippen molar-refractivity contribution in [1.29, 1.82) is 0 Å². The zero-order valence-corrected chi connectivity index (χ0v) is 16.0. The average Bonchev–Trinajstić information content (AvgIpc) is 3.35. The van der Waals surface area contributed by atoms with E-state index < -0.39 is 0 Å². The summed E-state index contributed by atoms with van der Waals surface area (Å²) in [7, 11) is 0. The Morgan fingerprint density at radius 3 is 2.88 bits per heavy atom. The Bertz CT molecular complexity index is 831. The molecule has 0 aromatic carbocycles. The van der Waals surface area contributed by atoms with Crippen molar-refractivity contribution in [3.63, 3.8) is 0 Å². The minimum Gasteiger partial charge on any atom is -0.461 e. The van der Waals surface area contributed by atoms with Crippen LogP contribution < -0.4 is 10.6 Å². The first-order valence-electron chi connectivity index (χ1n) is 8.56. The number of aryl methyl sites for hydroxylation is 2. The zero-order valence-electron chi connectivity index (χ0n) is 15.2. The van der Waals surface area contributed by atoms with E-state index in [1.165, 1.54) is 4.88 Å². The molecule has 0 aliphatic heterocycles. The van der Waals surface area contributed by atoms with Crippen LogP contribution in [0, 0.1) is 13.8 Å². The molecular weight excluding hydrogens is 350 g/mol. The van der Waals surface area contributed by atoms with E-state index in [2.05, 4.69) is 42.7 Å². The zero-order chi connectivity index (χ0) is 18.4. The number of hydrogen-bond donors (Lipinski definition) is 3. The van der Waals surface area contributed by atoms with Crippen LogP contribution in [0.15, 0.2) is 27.8 Å². The predicted molar refractivity (Wildman–Crippen MR) is 102 cm³/mol. The van der Waals surface area contributed by atoms with Gasteiger partial charge in [0.05, 0.1) is 18.5 Å². The third-order valence-electron chi connectivity index (χ3n) is 3.72. The van der Waals surface area contributed by atoms with E-state index in [9.17, 15) is 0 Å². The topological polar surface area (TPSA) is 104 Å². The van der Waals surface area contributed by atoms with Crippen molar-refractivity contribution < 1.29 is 4.42 Å². The van der Waals surface area contributed by atoms with Gasteiger partial charge in [-0.3, -0.25) is 5.10 Å². The quantitative estimate of drug-likeness (QED) is 0.434. The fourth-order valence-electron chi connectivity index (χ4n) is 2.32. The maximum atomic E-state index is 5.30. The number of furan rings is 1. The molecule has 0 bridgehead atoms. The van der Waals surface area contributed by atoms with Crippen molar-refractivity contribution in [3.8, 4) is 11.6 Å². The largest absolute Gasteiger partial charge is 0.461 e. The minimum absolute atomic E-state index is 0.569. The van der Waals surface area contributed by atoms with Crippen LogP contribution in [0.5, 0.6) is 0 Å². The third-order valence-corrected chi connectivity index (χ3v) is 4.77. The van der Waals surface area contributed by atoms with Gasteiger partial charge < -0.3 is 15.1 Å². The molecule has 26 heavy (non-hydrogen) atoms. The number of thiazole rings is 1. The Morgan fingerprint density at radius 2 is 2.19 bits per heavy atom. The monoisotopic (exact) mass is 373 g/mol. The van der Waals surface area contributed by atoms with Gasteiger partial charge in [-0.25, -0.2) is 15.0 Å². The van der Waals surface area contributed by atoms with Crippen molar-refractivity contribution in [2.24, 2.45) is 4.99 Å². The number of rotatable bonds is 7. The minimum atomic E-state index is 0.569. The Kier molecular flexibility index (Phi) is 6.00. The lowest BCUT2D eigenvalue weighted by Crippen LogP contribution is -2.38. The van der Waals surface area contributed by atoms with E-state index in [-0.39, 0.29) is 0 Å². The highest BCUT2D eigenvalue weighted by Crippen LogP contribution is 2.17. The molecule has 0 saturated carbocycles. The lowest BCUT2D eigenvalue weighted by atomic mass is 10.4. The van der Waals surface area contributed by atoms with Gasteiger partial charge in [0.1, 0.15) is 10.8 Å². The first kappa shape index (κ1) is 18.1. The summed E-state index contributed by atoms with van der Waals surface area (Å²) in [5.41, 5.74) is 1.08. The maximum Gasteiger partial charge on any atom is 0.216 e. The van der Waals surface area contributed by atoms with Gasteiger partial charge in [-0.1, -0.05) is 0 Å². The van der Waals surface area contributed by atoms with Crippen LogP contribution in [0.1, 0.15) is 28.3 Å². The highest BCUT2D eigenvalue weighted by molar-refractivity contribution is 7.11. The normalized spacial score (nSPS) is 11.7. The summed E-state index contributed by atoms with van der Waals surface area (Å²) in [6.07, 6.45) is 2.31. The van der Waals surface area contributed by atoms with Crippen LogP contribution in [-0.2, 0) is 13.0 Å². The van der Waals surface area contributed by atoms with E-state index >= 15 is 0 Å². The Hall–Kier alpha value is -2.68. The standard InChI is InChI=1S/C17H23N7OS/c1-4-18-17(20-10-15-21-11(2)12(3)26-15)19-8-7-14-22-16(24-23-14)13-6-5-9-25-13/h5-6,9H,4,7-8,10H2,1-3H3,(H2,18,19,20)(H,22,23,24). The fourth-order valence-corrected chi connectivity index (χ4v) is 3.18. The van der Waals surface area contributed by atoms with Crippen molar-refractivity contribution >= 4 is 17.3 Å². The van der Waals surface area contributed by atoms with Crippen molar-refractivity contribution in [2.75, 3.05) is 13.1 Å². The molecule has 3 rings (SSSR count). The van der Waals surface area contributed by atoms with Gasteiger partial charge in [0.2, 0.25) is 5.82 Å². The average molecular weight is 373 g/mol. The number of aliphatic imine (C=N–C) groups is 1. The van der Waals surface area contributed by atoms with Crippen LogP contribution in [0.3, 0.4) is 0 Å². The Balaban J connectivity index is 1.52. The molecule has 0 fully saturated rings. The van der Waals surface area contributed by atoms with Gasteiger partial charge in [-0.2, -0.15) is 5.10 Å². The van der Waals surface area contributed by atoms with Crippen LogP contribution in [0.4, 0.5) is 0 Å². The molecule has 0 aliphatic carbocycles. The second-order valence-electron chi connectivity index (χ2n) is 5.70. The van der Waals surface area contributed by atoms with Crippen molar-refractivity contribution in [3.05, 3.63) is 39.8 Å². The van der Waals surface area contributed by atoms with Gasteiger partial charge >= 0.3 is 0 Å². The molecule has 0 radical (unpaired) electrons. The molecular formula is C17H23N7OS. The van der Waals surface area contributed by atoms with Gasteiger partial charge in [0.15, 0.2) is 11.7 Å². The molecule has 0 saturated heterocycles. The highest BCUT2D eigenvalue weighted by atomic mass is 32.1. The molecule has 0 amide bonds. The summed E-state index contributed by atoms with van der Waals surface area (Å²) in [5, 5.41) is 14.7. The Morgan fingerprint density at radius 1 is 1.31 bits per heavy atom. The fraction of sp³-hybridized carbons (Fsp3) is 0.412. The number of nitrogens with zero attached hydrogens (tertiary/aromatic N) is 4. The van der Waals surface area contributed by atoms with Crippen LogP contribution >= 0.6 is 11.3 Å². The first-order valence-corrected chi connectivity index (χ1v) is 9.37. The van der Waals surface area contributed by atoms with Crippen LogP contribution in [0.25, 0.3) is 11.6 Å². The third kappa shape index (κ3) is 4.69. The lowest BCUT2D eigenvalue weighted by Gasteiger charge is -2.10. The van der Waals surface area contributed by atoms with E-state index in [1.807, 2.05) is 26.0 Å². The number of aromatic amines is 1. The van der Waals surface area contributed by atoms with E-state index in [1.54, 1.807) is 17.6 Å². The summed E-state index contributed by atoms with van der Waals surface area (Å²) in [6, 6.07) is 3.65. The SMILES string of the molecule is CCNC(=NCc1nc(C)c(C)s1)NCCc1nc(-c2ccco2)n[nH]1. The molecule has 3 heterocycles. The van der Waals surface area contributed by atoms with Crippen LogP contribution in [0.2, 0.25) is 0 Å². The number of guanidine groups is 1. The van der Waals surface area contributed by atoms with E-state index in [0.29, 0.717) is 31.1 Å². The van der Waals surface area contributed by atoms with Crippen molar-refractivity contribution in [1.82, 2.24) is 30.8 Å². The maximum absolute atomic E-state index is 5.30. The predicted octanol–water partition coefficient (Wildman–Crippen LogP) is 2.44. The molecule has 3 aromatic heterocycles. The number of aromatic nitrogens is 4. The second kappa shape index (κ2) is 8.61. The second-order valence-corrected chi connectivity index (χ2v) is 6.99. The number of H-pyrrole nitrogens is 1.